The maximum absolute atomic E-state index is 12.3. The smallest absolute Gasteiger partial charge is 0.181 e. The summed E-state index contributed by atoms with van der Waals surface area (Å²) in [6, 6.07) is 13.6. The minimum absolute atomic E-state index is 0.228. The molecule has 0 saturated heterocycles. The second-order valence-corrected chi connectivity index (χ2v) is 7.09. The van der Waals surface area contributed by atoms with Gasteiger partial charge in [-0.25, -0.2) is 8.42 Å². The lowest BCUT2D eigenvalue weighted by molar-refractivity contribution is 0.201. The van der Waals surface area contributed by atoms with Crippen molar-refractivity contribution in [3.63, 3.8) is 0 Å². The van der Waals surface area contributed by atoms with Crippen molar-refractivity contribution in [2.24, 2.45) is 5.73 Å². The maximum atomic E-state index is 12.3. The molecule has 0 amide bonds. The second-order valence-electron chi connectivity index (χ2n) is 5.06. The highest BCUT2D eigenvalue weighted by Crippen LogP contribution is 2.20. The molecule has 4 nitrogen and oxygen atoms in total. The van der Waals surface area contributed by atoms with E-state index in [1.54, 1.807) is 48.5 Å². The molecule has 0 aromatic heterocycles. The number of hydrogen-bond acceptors (Lipinski definition) is 4. The Hall–Kier alpha value is -1.69. The van der Waals surface area contributed by atoms with Crippen LogP contribution in [0, 0.1) is 6.92 Å². The Balaban J connectivity index is 2.17. The van der Waals surface area contributed by atoms with Gasteiger partial charge in [0.25, 0.3) is 0 Å². The van der Waals surface area contributed by atoms with Crippen LogP contribution in [0.3, 0.4) is 0 Å². The minimum Gasteiger partial charge on any atom is -0.387 e. The zero-order valence-corrected chi connectivity index (χ0v) is 12.7. The summed E-state index contributed by atoms with van der Waals surface area (Å²) >= 11 is 0. The molecule has 0 aliphatic rings. The van der Waals surface area contributed by atoms with E-state index in [1.807, 2.05) is 6.92 Å². The first-order valence-corrected chi connectivity index (χ1v) is 8.34. The van der Waals surface area contributed by atoms with Crippen molar-refractivity contribution in [1.82, 2.24) is 0 Å². The van der Waals surface area contributed by atoms with E-state index in [0.717, 1.165) is 11.1 Å². The zero-order valence-electron chi connectivity index (χ0n) is 11.9. The lowest BCUT2D eigenvalue weighted by Gasteiger charge is -2.12. The summed E-state index contributed by atoms with van der Waals surface area (Å²) < 4.78 is 24.5. The highest BCUT2D eigenvalue weighted by molar-refractivity contribution is 7.91. The Morgan fingerprint density at radius 3 is 2.14 bits per heavy atom. The molecule has 0 spiro atoms. The lowest BCUT2D eigenvalue weighted by atomic mass is 10.1. The summed E-state index contributed by atoms with van der Waals surface area (Å²) in [5.74, 6) is -0.335. The Labute approximate surface area is 125 Å². The quantitative estimate of drug-likeness (QED) is 0.885. The third kappa shape index (κ3) is 3.91. The molecular formula is C16H19NO3S. The summed E-state index contributed by atoms with van der Waals surface area (Å²) in [7, 11) is -3.51. The standard InChI is InChI=1S/C16H19NO3S/c1-12-2-8-15(9-3-12)21(19,20)11-16(18)14-6-4-13(10-17)5-7-14/h2-9,16,18H,10-11,17H2,1H3. The summed E-state index contributed by atoms with van der Waals surface area (Å²) in [5.41, 5.74) is 8.01. The number of aliphatic hydroxyl groups excluding tert-OH is 1. The molecule has 3 N–H and O–H groups in total. The van der Waals surface area contributed by atoms with Gasteiger partial charge in [-0.05, 0) is 30.2 Å². The van der Waals surface area contributed by atoms with E-state index in [0.29, 0.717) is 12.1 Å². The van der Waals surface area contributed by atoms with E-state index < -0.39 is 15.9 Å². The number of sulfone groups is 1. The molecule has 0 bridgehead atoms. The van der Waals surface area contributed by atoms with Gasteiger partial charge < -0.3 is 10.8 Å². The third-order valence-electron chi connectivity index (χ3n) is 3.36. The lowest BCUT2D eigenvalue weighted by Crippen LogP contribution is -2.15. The zero-order chi connectivity index (χ0) is 15.5. The molecule has 21 heavy (non-hydrogen) atoms. The Morgan fingerprint density at radius 2 is 1.62 bits per heavy atom. The molecule has 2 aromatic carbocycles. The van der Waals surface area contributed by atoms with Crippen LogP contribution in [0.2, 0.25) is 0 Å². The number of nitrogens with two attached hydrogens (primary N) is 1. The van der Waals surface area contributed by atoms with Gasteiger partial charge in [0.05, 0.1) is 16.8 Å². The number of hydrogen-bond donors (Lipinski definition) is 2. The fourth-order valence-electron chi connectivity index (χ4n) is 2.02. The van der Waals surface area contributed by atoms with Gasteiger partial charge >= 0.3 is 0 Å². The van der Waals surface area contributed by atoms with Gasteiger partial charge in [-0.3, -0.25) is 0 Å². The number of benzene rings is 2. The van der Waals surface area contributed by atoms with Crippen LogP contribution in [0.1, 0.15) is 22.8 Å². The molecule has 2 rings (SSSR count). The molecule has 0 radical (unpaired) electrons. The Morgan fingerprint density at radius 1 is 1.05 bits per heavy atom. The summed E-state index contributed by atoms with van der Waals surface area (Å²) in [5, 5.41) is 10.1. The molecule has 0 saturated carbocycles. The summed E-state index contributed by atoms with van der Waals surface area (Å²) in [6.45, 7) is 2.31. The average Bonchev–Trinajstić information content (AvgIpc) is 2.47. The van der Waals surface area contributed by atoms with Crippen LogP contribution >= 0.6 is 0 Å². The fraction of sp³-hybridized carbons (Fsp3) is 0.250. The maximum Gasteiger partial charge on any atom is 0.181 e. The van der Waals surface area contributed by atoms with Crippen molar-refractivity contribution < 1.29 is 13.5 Å². The Kier molecular flexibility index (Phi) is 4.77. The molecule has 2 aromatic rings. The second kappa shape index (κ2) is 6.39. The molecular weight excluding hydrogens is 286 g/mol. The van der Waals surface area contributed by atoms with Crippen molar-refractivity contribution in [3.8, 4) is 0 Å². The van der Waals surface area contributed by atoms with Gasteiger partial charge in [-0.2, -0.15) is 0 Å². The fourth-order valence-corrected chi connectivity index (χ4v) is 3.37. The van der Waals surface area contributed by atoms with Crippen LogP contribution in [0.4, 0.5) is 0 Å². The molecule has 0 aliphatic carbocycles. The van der Waals surface area contributed by atoms with Crippen molar-refractivity contribution in [2.75, 3.05) is 5.75 Å². The van der Waals surface area contributed by atoms with Crippen LogP contribution in [-0.4, -0.2) is 19.3 Å². The van der Waals surface area contributed by atoms with Crippen LogP contribution in [0.25, 0.3) is 0 Å². The molecule has 0 aliphatic heterocycles. The monoisotopic (exact) mass is 305 g/mol. The largest absolute Gasteiger partial charge is 0.387 e. The highest BCUT2D eigenvalue weighted by Gasteiger charge is 2.20. The van der Waals surface area contributed by atoms with Crippen molar-refractivity contribution in [3.05, 3.63) is 65.2 Å². The first-order chi connectivity index (χ1) is 9.92. The molecule has 0 fully saturated rings. The normalized spacial score (nSPS) is 13.1. The van der Waals surface area contributed by atoms with Gasteiger partial charge in [0.2, 0.25) is 0 Å². The SMILES string of the molecule is Cc1ccc(S(=O)(=O)CC(O)c2ccc(CN)cc2)cc1. The highest BCUT2D eigenvalue weighted by atomic mass is 32.2. The van der Waals surface area contributed by atoms with Crippen molar-refractivity contribution >= 4 is 9.84 Å². The van der Waals surface area contributed by atoms with E-state index in [9.17, 15) is 13.5 Å². The van der Waals surface area contributed by atoms with E-state index in [1.165, 1.54) is 0 Å². The van der Waals surface area contributed by atoms with Gasteiger partial charge in [-0.15, -0.1) is 0 Å². The summed E-state index contributed by atoms with van der Waals surface area (Å²) in [4.78, 5) is 0.228. The summed E-state index contributed by atoms with van der Waals surface area (Å²) in [6.07, 6.45) is -1.05. The van der Waals surface area contributed by atoms with Crippen molar-refractivity contribution in [1.29, 1.82) is 0 Å². The molecule has 0 heterocycles. The molecule has 5 heteroatoms. The molecule has 112 valence electrons. The van der Waals surface area contributed by atoms with Gasteiger partial charge in [0.15, 0.2) is 9.84 Å². The van der Waals surface area contributed by atoms with Gasteiger partial charge in [-0.1, -0.05) is 42.0 Å². The van der Waals surface area contributed by atoms with Crippen LogP contribution < -0.4 is 5.73 Å². The predicted octanol–water partition coefficient (Wildman–Crippen LogP) is 1.96. The first-order valence-electron chi connectivity index (χ1n) is 6.69. The van der Waals surface area contributed by atoms with Crippen LogP contribution in [0.5, 0.6) is 0 Å². The topological polar surface area (TPSA) is 80.4 Å². The van der Waals surface area contributed by atoms with E-state index in [-0.39, 0.29) is 10.6 Å². The van der Waals surface area contributed by atoms with E-state index in [4.69, 9.17) is 5.73 Å². The average molecular weight is 305 g/mol. The van der Waals surface area contributed by atoms with E-state index in [2.05, 4.69) is 0 Å². The van der Waals surface area contributed by atoms with Crippen LogP contribution in [-0.2, 0) is 16.4 Å². The van der Waals surface area contributed by atoms with Crippen molar-refractivity contribution in [2.45, 2.75) is 24.5 Å². The molecule has 1 atom stereocenters. The predicted molar refractivity (Wildman–Crippen MR) is 82.5 cm³/mol. The van der Waals surface area contributed by atoms with Gasteiger partial charge in [0, 0.05) is 6.54 Å². The van der Waals surface area contributed by atoms with E-state index >= 15 is 0 Å². The number of aliphatic hydroxyl groups is 1. The van der Waals surface area contributed by atoms with Gasteiger partial charge in [0.1, 0.15) is 0 Å². The Bertz CT molecular complexity index is 691. The third-order valence-corrected chi connectivity index (χ3v) is 5.10. The first kappa shape index (κ1) is 15.7. The number of aryl methyl sites for hydroxylation is 1. The molecule has 1 unspecified atom stereocenters. The minimum atomic E-state index is -3.51. The number of rotatable bonds is 5. The van der Waals surface area contributed by atoms with Crippen LogP contribution in [0.15, 0.2) is 53.4 Å².